The van der Waals surface area contributed by atoms with E-state index in [1.54, 1.807) is 0 Å². The first-order valence-electron chi connectivity index (χ1n) is 9.55. The Kier molecular flexibility index (Phi) is 7.06. The fraction of sp³-hybridized carbons (Fsp3) is 0.579. The van der Waals surface area contributed by atoms with Crippen molar-refractivity contribution in [2.24, 2.45) is 5.92 Å². The molecule has 1 aromatic carbocycles. The van der Waals surface area contributed by atoms with Gasteiger partial charge in [0.05, 0.1) is 17.5 Å². The van der Waals surface area contributed by atoms with Crippen LogP contribution in [0.2, 0.25) is 0 Å². The van der Waals surface area contributed by atoms with Gasteiger partial charge in [0, 0.05) is 28.6 Å². The Hall–Kier alpha value is -1.39. The third-order valence-corrected chi connectivity index (χ3v) is 5.98. The highest BCUT2D eigenvalue weighted by Crippen LogP contribution is 2.37. The summed E-state index contributed by atoms with van der Waals surface area (Å²) in [4.78, 5) is 5.90. The number of aliphatic hydroxyl groups excluding tert-OH is 1. The summed E-state index contributed by atoms with van der Waals surface area (Å²) in [5.74, 6) is -0.737. The second kappa shape index (κ2) is 9.18. The maximum Gasteiger partial charge on any atom is 0.452 e. The fourth-order valence-corrected chi connectivity index (χ4v) is 4.53. The molecule has 1 aromatic heterocycles. The van der Waals surface area contributed by atoms with Crippen molar-refractivity contribution in [3.63, 3.8) is 0 Å². The van der Waals surface area contributed by atoms with Crippen LogP contribution in [0.15, 0.2) is 22.7 Å². The lowest BCUT2D eigenvalue weighted by Gasteiger charge is -2.39. The number of hydrogen-bond acceptors (Lipinski definition) is 6. The monoisotopic (exact) mass is 492 g/mol. The number of benzene rings is 1. The van der Waals surface area contributed by atoms with Crippen molar-refractivity contribution in [1.29, 1.82) is 0 Å². The van der Waals surface area contributed by atoms with Gasteiger partial charge in [-0.2, -0.15) is 22.5 Å². The van der Waals surface area contributed by atoms with Crippen molar-refractivity contribution in [1.82, 2.24) is 9.36 Å². The summed E-state index contributed by atoms with van der Waals surface area (Å²) >= 11 is 4.13. The highest BCUT2D eigenvalue weighted by molar-refractivity contribution is 9.10. The van der Waals surface area contributed by atoms with Gasteiger partial charge < -0.3 is 15.3 Å². The number of nitrogens with one attached hydrogen (secondary N) is 1. The summed E-state index contributed by atoms with van der Waals surface area (Å²) in [7, 11) is 0. The Balaban J connectivity index is 1.91. The second-order valence-corrected chi connectivity index (χ2v) is 9.38. The molecule has 29 heavy (non-hydrogen) atoms. The lowest BCUT2D eigenvalue weighted by atomic mass is 9.91. The first-order chi connectivity index (χ1) is 13.6. The standard InChI is InChI=1S/C19H24BrF3N4OS/c1-11(2)10-27(13-4-6-14(28)7-5-13)16-8-3-12(20)9-15(16)24-18-25-17(26-29-18)19(21,22)23/h3,8-9,11,13-14,28H,4-7,10H2,1-2H3,(H,24,25,26). The fourth-order valence-electron chi connectivity index (χ4n) is 3.57. The number of halogens is 4. The molecule has 0 aliphatic heterocycles. The number of alkyl halides is 3. The molecule has 1 fully saturated rings. The summed E-state index contributed by atoms with van der Waals surface area (Å²) in [6, 6.07) is 6.00. The van der Waals surface area contributed by atoms with Crippen LogP contribution >= 0.6 is 27.5 Å². The zero-order valence-electron chi connectivity index (χ0n) is 16.2. The van der Waals surface area contributed by atoms with E-state index in [0.29, 0.717) is 23.1 Å². The molecule has 0 spiro atoms. The maximum absolute atomic E-state index is 12.8. The number of aliphatic hydroxyl groups is 1. The van der Waals surface area contributed by atoms with Crippen molar-refractivity contribution in [2.45, 2.75) is 57.9 Å². The second-order valence-electron chi connectivity index (χ2n) is 7.72. The number of aromatic nitrogens is 2. The van der Waals surface area contributed by atoms with Crippen LogP contribution in [0, 0.1) is 5.92 Å². The molecule has 160 valence electrons. The van der Waals surface area contributed by atoms with Crippen LogP contribution < -0.4 is 10.2 Å². The highest BCUT2D eigenvalue weighted by atomic mass is 79.9. The molecule has 1 saturated carbocycles. The van der Waals surface area contributed by atoms with Crippen LogP contribution in [0.1, 0.15) is 45.4 Å². The van der Waals surface area contributed by atoms with Gasteiger partial charge in [0.1, 0.15) is 0 Å². The van der Waals surface area contributed by atoms with Crippen LogP contribution in [0.3, 0.4) is 0 Å². The summed E-state index contributed by atoms with van der Waals surface area (Å²) in [6.45, 7) is 5.08. The lowest BCUT2D eigenvalue weighted by Crippen LogP contribution is -2.41. The molecule has 0 radical (unpaired) electrons. The Labute approximate surface area is 180 Å². The lowest BCUT2D eigenvalue weighted by molar-refractivity contribution is -0.144. The molecule has 1 aliphatic carbocycles. The van der Waals surface area contributed by atoms with E-state index in [1.165, 1.54) is 0 Å². The minimum atomic E-state index is -4.57. The van der Waals surface area contributed by atoms with Crippen LogP contribution in [-0.4, -0.2) is 33.2 Å². The summed E-state index contributed by atoms with van der Waals surface area (Å²) in [5.41, 5.74) is 1.59. The first kappa shape index (κ1) is 22.3. The molecule has 1 aliphatic rings. The molecule has 0 unspecified atom stereocenters. The number of nitrogens with zero attached hydrogens (tertiary/aromatic N) is 3. The Morgan fingerprint density at radius 1 is 1.28 bits per heavy atom. The molecular weight excluding hydrogens is 469 g/mol. The van der Waals surface area contributed by atoms with Crippen molar-refractivity contribution in [2.75, 3.05) is 16.8 Å². The van der Waals surface area contributed by atoms with Crippen LogP contribution in [0.25, 0.3) is 0 Å². The van der Waals surface area contributed by atoms with E-state index in [0.717, 1.165) is 42.4 Å². The molecule has 2 aromatic rings. The third kappa shape index (κ3) is 5.82. The van der Waals surface area contributed by atoms with Gasteiger partial charge in [0.15, 0.2) is 0 Å². The van der Waals surface area contributed by atoms with E-state index in [1.807, 2.05) is 18.2 Å². The predicted octanol–water partition coefficient (Wildman–Crippen LogP) is 5.83. The van der Waals surface area contributed by atoms with Crippen LogP contribution in [0.5, 0.6) is 0 Å². The zero-order chi connectivity index (χ0) is 21.2. The van der Waals surface area contributed by atoms with Gasteiger partial charge in [-0.15, -0.1) is 0 Å². The predicted molar refractivity (Wildman–Crippen MR) is 113 cm³/mol. The molecule has 1 heterocycles. The molecule has 5 nitrogen and oxygen atoms in total. The summed E-state index contributed by atoms with van der Waals surface area (Å²) in [6.07, 6.45) is -1.56. The Morgan fingerprint density at radius 2 is 1.97 bits per heavy atom. The van der Waals surface area contributed by atoms with E-state index < -0.39 is 12.0 Å². The van der Waals surface area contributed by atoms with Gasteiger partial charge in [-0.25, -0.2) is 0 Å². The molecule has 0 saturated heterocycles. The SMILES string of the molecule is CC(C)CN(c1ccc(Br)cc1Nc1nc(C(F)(F)F)ns1)C1CCC(O)CC1. The minimum absolute atomic E-state index is 0.0974. The zero-order valence-corrected chi connectivity index (χ0v) is 18.6. The highest BCUT2D eigenvalue weighted by Gasteiger charge is 2.36. The first-order valence-corrected chi connectivity index (χ1v) is 11.1. The molecule has 0 atom stereocenters. The normalized spacial score (nSPS) is 20.1. The van der Waals surface area contributed by atoms with E-state index >= 15 is 0 Å². The van der Waals surface area contributed by atoms with Gasteiger partial charge in [0.2, 0.25) is 11.0 Å². The molecule has 0 bridgehead atoms. The largest absolute Gasteiger partial charge is 0.452 e. The van der Waals surface area contributed by atoms with Gasteiger partial charge >= 0.3 is 6.18 Å². The third-order valence-electron chi connectivity index (χ3n) is 4.86. The van der Waals surface area contributed by atoms with Crippen molar-refractivity contribution < 1.29 is 18.3 Å². The van der Waals surface area contributed by atoms with Crippen LogP contribution in [0.4, 0.5) is 29.7 Å². The van der Waals surface area contributed by atoms with Crippen molar-refractivity contribution in [3.05, 3.63) is 28.5 Å². The molecular formula is C19H24BrF3N4OS. The summed E-state index contributed by atoms with van der Waals surface area (Å²) in [5, 5.41) is 13.0. The van der Waals surface area contributed by atoms with Crippen LogP contribution in [-0.2, 0) is 6.18 Å². The number of hydrogen-bond donors (Lipinski definition) is 2. The molecule has 3 rings (SSSR count). The number of rotatable bonds is 6. The Morgan fingerprint density at radius 3 is 2.55 bits per heavy atom. The van der Waals surface area contributed by atoms with E-state index in [-0.39, 0.29) is 17.3 Å². The summed E-state index contributed by atoms with van der Waals surface area (Å²) < 4.78 is 42.8. The molecule has 2 N–H and O–H groups in total. The molecule has 0 amide bonds. The minimum Gasteiger partial charge on any atom is -0.393 e. The van der Waals surface area contributed by atoms with E-state index in [4.69, 9.17) is 0 Å². The van der Waals surface area contributed by atoms with Gasteiger partial charge in [0.25, 0.3) is 0 Å². The average molecular weight is 493 g/mol. The van der Waals surface area contributed by atoms with Gasteiger partial charge in [-0.05, 0) is 49.8 Å². The molecule has 10 heteroatoms. The van der Waals surface area contributed by atoms with E-state index in [2.05, 4.69) is 49.4 Å². The topological polar surface area (TPSA) is 61.3 Å². The van der Waals surface area contributed by atoms with Crippen molar-refractivity contribution in [3.8, 4) is 0 Å². The smallest absolute Gasteiger partial charge is 0.393 e. The van der Waals surface area contributed by atoms with E-state index in [9.17, 15) is 18.3 Å². The Bertz CT molecular complexity index is 822. The van der Waals surface area contributed by atoms with Gasteiger partial charge in [-0.3, -0.25) is 0 Å². The van der Waals surface area contributed by atoms with Crippen molar-refractivity contribution >= 4 is 44.0 Å². The maximum atomic E-state index is 12.8. The van der Waals surface area contributed by atoms with Gasteiger partial charge in [-0.1, -0.05) is 29.8 Å². The quantitative estimate of drug-likeness (QED) is 0.531. The number of anilines is 3. The average Bonchev–Trinajstić information content (AvgIpc) is 3.10.